The molecule has 204 valence electrons. The topological polar surface area (TPSA) is 69.2 Å². The molecule has 0 radical (unpaired) electrons. The molecule has 2 N–H and O–H groups in total. The summed E-state index contributed by atoms with van der Waals surface area (Å²) in [4.78, 5) is 0. The summed E-state index contributed by atoms with van der Waals surface area (Å²) in [5.41, 5.74) is -0.220. The van der Waals surface area contributed by atoms with E-state index in [2.05, 4.69) is 5.32 Å². The molecule has 6 nitrogen and oxygen atoms in total. The van der Waals surface area contributed by atoms with Crippen molar-refractivity contribution in [3.8, 4) is 23.0 Å². The van der Waals surface area contributed by atoms with E-state index in [1.54, 1.807) is 28.4 Å². The minimum Gasteiger partial charge on any atom is -0.496 e. The van der Waals surface area contributed by atoms with E-state index >= 15 is 0 Å². The largest absolute Gasteiger partial charge is 0.496 e. The molecule has 1 heterocycles. The first-order valence-electron chi connectivity index (χ1n) is 13.8. The first kappa shape index (κ1) is 25.8. The van der Waals surface area contributed by atoms with E-state index in [1.165, 1.54) is 19.3 Å². The lowest BCUT2D eigenvalue weighted by atomic mass is 9.75. The van der Waals surface area contributed by atoms with Gasteiger partial charge in [0, 0.05) is 44.8 Å². The van der Waals surface area contributed by atoms with Crippen LogP contribution in [-0.4, -0.2) is 45.6 Å². The van der Waals surface area contributed by atoms with Gasteiger partial charge >= 0.3 is 0 Å². The van der Waals surface area contributed by atoms with E-state index in [-0.39, 0.29) is 6.04 Å². The molecule has 0 unspecified atom stereocenters. The standard InChI is InChI=1S/C33H37NO5/c1-36-28-18-25(31(38-3)23-14-8-6-12-21(23)28)33(35,30-17-20-11-5-10-16-27(20)34-30)26-19-29(37-2)22-13-7-9-15-24(22)32(26)39-4/h6-9,12-15,18-20,27,30,34-35H,5,10-11,16-17H2,1-4H3/t20-,27-,30-/m0/s1. The Morgan fingerprint density at radius 1 is 0.692 bits per heavy atom. The van der Waals surface area contributed by atoms with Gasteiger partial charge in [0.2, 0.25) is 0 Å². The number of aliphatic hydroxyl groups is 1. The van der Waals surface area contributed by atoms with Gasteiger partial charge in [-0.25, -0.2) is 0 Å². The fourth-order valence-electron chi connectivity index (χ4n) is 7.12. The van der Waals surface area contributed by atoms with E-state index in [1.807, 2.05) is 60.7 Å². The average Bonchev–Trinajstić information content (AvgIpc) is 3.44. The van der Waals surface area contributed by atoms with E-state index in [9.17, 15) is 5.11 Å². The van der Waals surface area contributed by atoms with E-state index in [4.69, 9.17) is 18.9 Å². The summed E-state index contributed by atoms with van der Waals surface area (Å²) in [5, 5.41) is 20.8. The van der Waals surface area contributed by atoms with Crippen LogP contribution in [0.2, 0.25) is 0 Å². The summed E-state index contributed by atoms with van der Waals surface area (Å²) >= 11 is 0. The molecular weight excluding hydrogens is 490 g/mol. The van der Waals surface area contributed by atoms with Gasteiger partial charge in [0.1, 0.15) is 28.6 Å². The lowest BCUT2D eigenvalue weighted by molar-refractivity contribution is 0.0372. The molecule has 39 heavy (non-hydrogen) atoms. The van der Waals surface area contributed by atoms with E-state index in [0.29, 0.717) is 46.1 Å². The zero-order valence-electron chi connectivity index (χ0n) is 23.1. The molecule has 1 aliphatic carbocycles. The van der Waals surface area contributed by atoms with Crippen LogP contribution in [0, 0.1) is 5.92 Å². The number of fused-ring (bicyclic) bond motifs is 3. The molecule has 2 aliphatic rings. The van der Waals surface area contributed by atoms with Crippen molar-refractivity contribution >= 4 is 21.5 Å². The Kier molecular flexibility index (Phi) is 6.77. The van der Waals surface area contributed by atoms with Gasteiger partial charge in [-0.2, -0.15) is 0 Å². The second kappa shape index (κ2) is 10.2. The zero-order valence-corrected chi connectivity index (χ0v) is 23.1. The summed E-state index contributed by atoms with van der Waals surface area (Å²) in [6.07, 6.45) is 5.57. The Morgan fingerprint density at radius 2 is 1.18 bits per heavy atom. The highest BCUT2D eigenvalue weighted by Crippen LogP contribution is 2.53. The number of nitrogens with one attached hydrogen (secondary N) is 1. The number of rotatable bonds is 7. The third kappa shape index (κ3) is 4.00. The molecule has 4 aromatic carbocycles. The van der Waals surface area contributed by atoms with E-state index < -0.39 is 5.60 Å². The highest BCUT2D eigenvalue weighted by Gasteiger charge is 2.51. The lowest BCUT2D eigenvalue weighted by Crippen LogP contribution is -2.48. The second-order valence-corrected chi connectivity index (χ2v) is 10.8. The molecule has 6 rings (SSSR count). The van der Waals surface area contributed by atoms with Crippen molar-refractivity contribution in [1.82, 2.24) is 5.32 Å². The van der Waals surface area contributed by atoms with Crippen molar-refractivity contribution in [2.45, 2.75) is 49.8 Å². The fraction of sp³-hybridized carbons (Fsp3) is 0.394. The quantitative estimate of drug-likeness (QED) is 0.299. The molecule has 1 aliphatic heterocycles. The van der Waals surface area contributed by atoms with E-state index in [0.717, 1.165) is 34.4 Å². The smallest absolute Gasteiger partial charge is 0.137 e. The molecule has 3 atom stereocenters. The Balaban J connectivity index is 1.69. The van der Waals surface area contributed by atoms with Crippen LogP contribution in [0.25, 0.3) is 21.5 Å². The predicted molar refractivity (Wildman–Crippen MR) is 154 cm³/mol. The minimum atomic E-state index is -1.51. The fourth-order valence-corrected chi connectivity index (χ4v) is 7.12. The third-order valence-corrected chi connectivity index (χ3v) is 8.95. The maximum absolute atomic E-state index is 13.3. The molecule has 0 aromatic heterocycles. The van der Waals surface area contributed by atoms with Crippen LogP contribution in [0.15, 0.2) is 60.7 Å². The molecule has 0 bridgehead atoms. The summed E-state index contributed by atoms with van der Waals surface area (Å²) < 4.78 is 24.0. The van der Waals surface area contributed by atoms with Crippen LogP contribution < -0.4 is 24.3 Å². The molecule has 6 heteroatoms. The molecule has 0 spiro atoms. The van der Waals surface area contributed by atoms with Crippen LogP contribution in [0.1, 0.15) is 43.2 Å². The average molecular weight is 528 g/mol. The monoisotopic (exact) mass is 527 g/mol. The molecule has 1 saturated heterocycles. The van der Waals surface area contributed by atoms with Gasteiger partial charge in [-0.1, -0.05) is 61.4 Å². The Hall–Kier alpha value is -3.48. The van der Waals surface area contributed by atoms with Crippen molar-refractivity contribution < 1.29 is 24.1 Å². The maximum atomic E-state index is 13.3. The molecule has 2 fully saturated rings. The normalized spacial score (nSPS) is 21.1. The number of hydrogen-bond acceptors (Lipinski definition) is 6. The lowest BCUT2D eigenvalue weighted by Gasteiger charge is -2.38. The Bertz CT molecular complexity index is 1410. The summed E-state index contributed by atoms with van der Waals surface area (Å²) in [7, 11) is 6.66. The van der Waals surface area contributed by atoms with Crippen LogP contribution in [0.3, 0.4) is 0 Å². The molecule has 1 saturated carbocycles. The van der Waals surface area contributed by atoms with Crippen molar-refractivity contribution in [3.63, 3.8) is 0 Å². The van der Waals surface area contributed by atoms with Crippen molar-refractivity contribution in [2.24, 2.45) is 5.92 Å². The van der Waals surface area contributed by atoms with Gasteiger partial charge in [-0.05, 0) is 37.3 Å². The Morgan fingerprint density at radius 3 is 1.64 bits per heavy atom. The van der Waals surface area contributed by atoms with Gasteiger partial charge in [0.25, 0.3) is 0 Å². The SMILES string of the molecule is COc1cc(C(O)(c2cc(OC)c3ccccc3c2OC)[C@@H]2C[C@@H]3CCCC[C@@H]3N2)c(OC)c2ccccc12. The molecule has 4 aromatic rings. The number of methoxy groups -OCH3 is 4. The maximum Gasteiger partial charge on any atom is 0.137 e. The molecule has 0 amide bonds. The molecular formula is C33H37NO5. The highest BCUT2D eigenvalue weighted by molar-refractivity contribution is 5.97. The van der Waals surface area contributed by atoms with Gasteiger partial charge in [0.15, 0.2) is 0 Å². The summed E-state index contributed by atoms with van der Waals surface area (Å²) in [6, 6.07) is 20.0. The van der Waals surface area contributed by atoms with Crippen LogP contribution in [0.4, 0.5) is 0 Å². The second-order valence-electron chi connectivity index (χ2n) is 10.8. The number of ether oxygens (including phenoxy) is 4. The highest BCUT2D eigenvalue weighted by atomic mass is 16.5. The van der Waals surface area contributed by atoms with Crippen molar-refractivity contribution in [1.29, 1.82) is 0 Å². The van der Waals surface area contributed by atoms with Crippen LogP contribution in [0.5, 0.6) is 23.0 Å². The third-order valence-electron chi connectivity index (χ3n) is 8.95. The predicted octanol–water partition coefficient (Wildman–Crippen LogP) is 6.18. The van der Waals surface area contributed by atoms with Crippen molar-refractivity contribution in [2.75, 3.05) is 28.4 Å². The van der Waals surface area contributed by atoms with Gasteiger partial charge in [0.05, 0.1) is 28.4 Å². The number of hydrogen-bond donors (Lipinski definition) is 2. The van der Waals surface area contributed by atoms with Gasteiger partial charge in [-0.3, -0.25) is 0 Å². The first-order valence-corrected chi connectivity index (χ1v) is 13.8. The van der Waals surface area contributed by atoms with Gasteiger partial charge in [-0.15, -0.1) is 0 Å². The zero-order chi connectivity index (χ0) is 27.1. The Labute approximate surface area is 229 Å². The summed E-state index contributed by atoms with van der Waals surface area (Å²) in [6.45, 7) is 0. The first-order chi connectivity index (χ1) is 19.0. The summed E-state index contributed by atoms with van der Waals surface area (Å²) in [5.74, 6) is 3.13. The van der Waals surface area contributed by atoms with Crippen LogP contribution >= 0.6 is 0 Å². The minimum absolute atomic E-state index is 0.273. The van der Waals surface area contributed by atoms with Crippen molar-refractivity contribution in [3.05, 3.63) is 71.8 Å². The van der Waals surface area contributed by atoms with Crippen LogP contribution in [-0.2, 0) is 5.60 Å². The van der Waals surface area contributed by atoms with Gasteiger partial charge < -0.3 is 29.4 Å². The number of benzene rings is 4.